The normalized spacial score (nSPS) is 22.1. The highest BCUT2D eigenvalue weighted by Gasteiger charge is 2.41. The van der Waals surface area contributed by atoms with Gasteiger partial charge in [-0.25, -0.2) is 4.39 Å². The smallest absolute Gasteiger partial charge is 0.321 e. The summed E-state index contributed by atoms with van der Waals surface area (Å²) in [7, 11) is 0. The third-order valence-electron chi connectivity index (χ3n) is 4.07. The molecule has 1 heterocycles. The average molecular weight is 311 g/mol. The van der Waals surface area contributed by atoms with Crippen molar-refractivity contribution in [2.24, 2.45) is 5.41 Å². The van der Waals surface area contributed by atoms with Crippen LogP contribution in [0.4, 0.5) is 4.39 Å². The fraction of sp³-hybridized carbons (Fsp3) is 0.562. The van der Waals surface area contributed by atoms with Gasteiger partial charge < -0.3 is 5.11 Å². The Hall–Kier alpha value is -1.07. The minimum atomic E-state index is -0.730. The van der Waals surface area contributed by atoms with Gasteiger partial charge in [-0.3, -0.25) is 9.69 Å². The van der Waals surface area contributed by atoms with E-state index in [1.54, 1.807) is 23.9 Å². The molecule has 0 spiro atoms. The Morgan fingerprint density at radius 1 is 1.43 bits per heavy atom. The van der Waals surface area contributed by atoms with Crippen molar-refractivity contribution in [3.8, 4) is 0 Å². The van der Waals surface area contributed by atoms with Crippen LogP contribution in [0.5, 0.6) is 0 Å². The van der Waals surface area contributed by atoms with Gasteiger partial charge in [-0.2, -0.15) is 0 Å². The average Bonchev–Trinajstić information content (AvgIpc) is 2.39. The number of halogens is 1. The lowest BCUT2D eigenvalue weighted by atomic mass is 9.76. The first-order valence-corrected chi connectivity index (χ1v) is 8.24. The zero-order valence-corrected chi connectivity index (χ0v) is 13.3. The van der Waals surface area contributed by atoms with Crippen molar-refractivity contribution in [1.82, 2.24) is 4.90 Å². The molecule has 0 bridgehead atoms. The Morgan fingerprint density at radius 2 is 2.10 bits per heavy atom. The molecule has 2 rings (SSSR count). The topological polar surface area (TPSA) is 40.5 Å². The van der Waals surface area contributed by atoms with E-state index in [0.29, 0.717) is 0 Å². The molecule has 0 saturated carbocycles. The monoisotopic (exact) mass is 311 g/mol. The van der Waals surface area contributed by atoms with E-state index < -0.39 is 12.0 Å². The molecule has 1 unspecified atom stereocenters. The molecule has 0 aliphatic carbocycles. The van der Waals surface area contributed by atoms with Crippen molar-refractivity contribution in [2.75, 3.05) is 18.8 Å². The van der Waals surface area contributed by atoms with Crippen molar-refractivity contribution in [3.63, 3.8) is 0 Å². The second kappa shape index (κ2) is 6.79. The summed E-state index contributed by atoms with van der Waals surface area (Å²) in [6, 6.07) is 6.00. The Labute approximate surface area is 129 Å². The minimum absolute atomic E-state index is 0.190. The van der Waals surface area contributed by atoms with Gasteiger partial charge in [0.25, 0.3) is 0 Å². The summed E-state index contributed by atoms with van der Waals surface area (Å²) in [6.07, 6.45) is 1.99. The molecule has 3 nitrogen and oxygen atoms in total. The number of benzene rings is 1. The second-order valence-corrected chi connectivity index (χ2v) is 7.34. The van der Waals surface area contributed by atoms with E-state index in [-0.39, 0.29) is 11.2 Å². The van der Waals surface area contributed by atoms with Gasteiger partial charge in [0, 0.05) is 17.2 Å². The number of carboxylic acids is 1. The first kappa shape index (κ1) is 16.3. The van der Waals surface area contributed by atoms with Crippen LogP contribution in [0.3, 0.4) is 0 Å². The molecule has 0 radical (unpaired) electrons. The van der Waals surface area contributed by atoms with Crippen LogP contribution in [0, 0.1) is 11.2 Å². The SMILES string of the molecule is CC1(C)CCCN(CCSc2ccc(F)cc2)C1C(=O)O. The molecule has 1 aliphatic heterocycles. The first-order chi connectivity index (χ1) is 9.90. The summed E-state index contributed by atoms with van der Waals surface area (Å²) in [5, 5.41) is 9.50. The van der Waals surface area contributed by atoms with E-state index >= 15 is 0 Å². The standard InChI is InChI=1S/C16H22FNO2S/c1-16(2)8-3-9-18(14(16)15(19)20)10-11-21-13-6-4-12(17)5-7-13/h4-7,14H,3,8-11H2,1-2H3,(H,19,20). The van der Waals surface area contributed by atoms with Gasteiger partial charge in [0.15, 0.2) is 0 Å². The van der Waals surface area contributed by atoms with Gasteiger partial charge in [0.2, 0.25) is 0 Å². The number of thioether (sulfide) groups is 1. The Bertz CT molecular complexity index is 490. The number of nitrogens with zero attached hydrogens (tertiary/aromatic N) is 1. The molecule has 5 heteroatoms. The van der Waals surface area contributed by atoms with Crippen LogP contribution in [0.2, 0.25) is 0 Å². The van der Waals surface area contributed by atoms with Gasteiger partial charge in [-0.1, -0.05) is 13.8 Å². The highest BCUT2D eigenvalue weighted by Crippen LogP contribution is 2.35. The van der Waals surface area contributed by atoms with Crippen LogP contribution >= 0.6 is 11.8 Å². The fourth-order valence-electron chi connectivity index (χ4n) is 3.04. The number of likely N-dealkylation sites (tertiary alicyclic amines) is 1. The molecule has 116 valence electrons. The van der Waals surface area contributed by atoms with Gasteiger partial charge >= 0.3 is 5.97 Å². The number of piperidine rings is 1. The maximum absolute atomic E-state index is 12.8. The zero-order valence-electron chi connectivity index (χ0n) is 12.5. The van der Waals surface area contributed by atoms with Gasteiger partial charge in [-0.05, 0) is 49.1 Å². The van der Waals surface area contributed by atoms with E-state index in [2.05, 4.69) is 4.90 Å². The van der Waals surface area contributed by atoms with Crippen LogP contribution in [0.25, 0.3) is 0 Å². The van der Waals surface area contributed by atoms with Crippen molar-refractivity contribution >= 4 is 17.7 Å². The summed E-state index contributed by atoms with van der Waals surface area (Å²) >= 11 is 1.64. The predicted octanol–water partition coefficient (Wildman–Crippen LogP) is 3.49. The molecular weight excluding hydrogens is 289 g/mol. The quantitative estimate of drug-likeness (QED) is 0.845. The van der Waals surface area contributed by atoms with Crippen molar-refractivity contribution in [2.45, 2.75) is 37.6 Å². The molecule has 1 atom stereocenters. The minimum Gasteiger partial charge on any atom is -0.480 e. The first-order valence-electron chi connectivity index (χ1n) is 7.25. The Balaban J connectivity index is 1.91. The third kappa shape index (κ3) is 4.20. The number of carboxylic acid groups (broad SMARTS) is 1. The number of rotatable bonds is 5. The van der Waals surface area contributed by atoms with E-state index in [4.69, 9.17) is 0 Å². The zero-order chi connectivity index (χ0) is 15.5. The predicted molar refractivity (Wildman–Crippen MR) is 83.1 cm³/mol. The lowest BCUT2D eigenvalue weighted by Crippen LogP contribution is -2.54. The molecule has 1 aliphatic rings. The highest BCUT2D eigenvalue weighted by atomic mass is 32.2. The summed E-state index contributed by atoms with van der Waals surface area (Å²) in [5.74, 6) is -0.152. The van der Waals surface area contributed by atoms with Crippen LogP contribution in [-0.2, 0) is 4.79 Å². The summed E-state index contributed by atoms with van der Waals surface area (Å²) in [4.78, 5) is 14.6. The molecule has 21 heavy (non-hydrogen) atoms. The molecule has 0 aromatic heterocycles. The molecule has 1 saturated heterocycles. The number of carbonyl (C=O) groups is 1. The number of hydrogen-bond donors (Lipinski definition) is 1. The molecule has 1 aromatic carbocycles. The van der Waals surface area contributed by atoms with Crippen molar-refractivity contribution in [3.05, 3.63) is 30.1 Å². The molecule has 1 N–H and O–H groups in total. The van der Waals surface area contributed by atoms with E-state index in [1.807, 2.05) is 13.8 Å². The van der Waals surface area contributed by atoms with Crippen LogP contribution in [0.1, 0.15) is 26.7 Å². The Morgan fingerprint density at radius 3 is 2.71 bits per heavy atom. The fourth-order valence-corrected chi connectivity index (χ4v) is 3.93. The highest BCUT2D eigenvalue weighted by molar-refractivity contribution is 7.99. The van der Waals surface area contributed by atoms with Crippen LogP contribution in [-0.4, -0.2) is 40.9 Å². The van der Waals surface area contributed by atoms with E-state index in [0.717, 1.165) is 36.6 Å². The Kier molecular flexibility index (Phi) is 5.27. The van der Waals surface area contributed by atoms with Crippen molar-refractivity contribution < 1.29 is 14.3 Å². The maximum atomic E-state index is 12.8. The molecule has 1 fully saturated rings. The summed E-state index contributed by atoms with van der Waals surface area (Å²) in [5.41, 5.74) is -0.190. The van der Waals surface area contributed by atoms with Gasteiger partial charge in [0.1, 0.15) is 11.9 Å². The van der Waals surface area contributed by atoms with Crippen molar-refractivity contribution in [1.29, 1.82) is 0 Å². The van der Waals surface area contributed by atoms with Crippen LogP contribution < -0.4 is 0 Å². The maximum Gasteiger partial charge on any atom is 0.321 e. The lowest BCUT2D eigenvalue weighted by Gasteiger charge is -2.44. The summed E-state index contributed by atoms with van der Waals surface area (Å²) < 4.78 is 12.8. The molecular formula is C16H22FNO2S. The number of aliphatic carboxylic acids is 1. The molecule has 0 amide bonds. The van der Waals surface area contributed by atoms with E-state index in [9.17, 15) is 14.3 Å². The summed E-state index contributed by atoms with van der Waals surface area (Å²) in [6.45, 7) is 5.64. The second-order valence-electron chi connectivity index (χ2n) is 6.17. The molecule has 1 aromatic rings. The third-order valence-corrected chi connectivity index (χ3v) is 5.06. The van der Waals surface area contributed by atoms with Gasteiger partial charge in [-0.15, -0.1) is 11.8 Å². The lowest BCUT2D eigenvalue weighted by molar-refractivity contribution is -0.150. The van der Waals surface area contributed by atoms with E-state index in [1.165, 1.54) is 12.1 Å². The number of hydrogen-bond acceptors (Lipinski definition) is 3. The van der Waals surface area contributed by atoms with Crippen LogP contribution in [0.15, 0.2) is 29.2 Å². The largest absolute Gasteiger partial charge is 0.480 e. The van der Waals surface area contributed by atoms with Gasteiger partial charge in [0.05, 0.1) is 0 Å².